The largest absolute Gasteiger partial charge is 0.480 e. The number of nitrogens with zero attached hydrogens (tertiary/aromatic N) is 3. The summed E-state index contributed by atoms with van der Waals surface area (Å²) < 4.78 is 5.00. The summed E-state index contributed by atoms with van der Waals surface area (Å²) >= 11 is 0. The molecule has 0 saturated heterocycles. The van der Waals surface area contributed by atoms with E-state index in [1.165, 1.54) is 19.3 Å². The third-order valence-corrected chi connectivity index (χ3v) is 3.46. The van der Waals surface area contributed by atoms with Crippen LogP contribution < -0.4 is 4.74 Å². The molecule has 1 aromatic rings. The molecule has 0 aromatic carbocycles. The summed E-state index contributed by atoms with van der Waals surface area (Å²) in [5.41, 5.74) is 0.959. The molecule has 0 unspecified atom stereocenters. The fourth-order valence-electron chi connectivity index (χ4n) is 2.17. The Morgan fingerprint density at radius 1 is 1.39 bits per heavy atom. The summed E-state index contributed by atoms with van der Waals surface area (Å²) in [7, 11) is 1.59. The molecule has 18 heavy (non-hydrogen) atoms. The second-order valence-corrected chi connectivity index (χ2v) is 4.70. The topological polar surface area (TPSA) is 58.5 Å². The van der Waals surface area contributed by atoms with Crippen LogP contribution in [0.2, 0.25) is 0 Å². The Kier molecular flexibility index (Phi) is 4.90. The Morgan fingerprint density at radius 2 is 2.22 bits per heavy atom. The number of rotatable bonds is 7. The maximum atomic E-state index is 8.95. The molecule has 0 bridgehead atoms. The Labute approximate surface area is 108 Å². The summed E-state index contributed by atoms with van der Waals surface area (Å²) in [6.07, 6.45) is 4.65. The van der Waals surface area contributed by atoms with Crippen LogP contribution in [0.1, 0.15) is 31.4 Å². The normalized spacial score (nSPS) is 15.7. The van der Waals surface area contributed by atoms with Crippen LogP contribution in [0.25, 0.3) is 0 Å². The second-order valence-electron chi connectivity index (χ2n) is 4.70. The monoisotopic (exact) mass is 251 g/mol. The molecule has 1 saturated carbocycles. The molecule has 1 fully saturated rings. The van der Waals surface area contributed by atoms with Crippen LogP contribution >= 0.6 is 0 Å². The van der Waals surface area contributed by atoms with E-state index in [0.717, 1.165) is 25.2 Å². The highest BCUT2D eigenvalue weighted by molar-refractivity contribution is 5.11. The molecule has 0 spiro atoms. The molecule has 5 heteroatoms. The lowest BCUT2D eigenvalue weighted by molar-refractivity contribution is 0.107. The number of aromatic nitrogens is 2. The van der Waals surface area contributed by atoms with Crippen LogP contribution in [-0.4, -0.2) is 46.5 Å². The Balaban J connectivity index is 1.93. The molecule has 2 rings (SSSR count). The van der Waals surface area contributed by atoms with Crippen LogP contribution in [0.4, 0.5) is 0 Å². The molecule has 1 heterocycles. The molecule has 0 aliphatic heterocycles. The summed E-state index contributed by atoms with van der Waals surface area (Å²) in [5.74, 6) is 0.546. The van der Waals surface area contributed by atoms with Crippen molar-refractivity contribution in [2.45, 2.75) is 38.3 Å². The van der Waals surface area contributed by atoms with Crippen LogP contribution in [-0.2, 0) is 6.54 Å². The standard InChI is InChI=1S/C13H21N3O2/c1-18-13-7-6-11(14-15-13)10-16(8-3-9-17)12-4-2-5-12/h6-7,12,17H,2-5,8-10H2,1H3. The summed E-state index contributed by atoms with van der Waals surface area (Å²) in [5, 5.41) is 17.1. The van der Waals surface area contributed by atoms with Gasteiger partial charge in [0.1, 0.15) is 0 Å². The first-order chi connectivity index (χ1) is 8.83. The number of ether oxygens (including phenoxy) is 1. The number of hydrogen-bond acceptors (Lipinski definition) is 5. The molecule has 1 aliphatic rings. The van der Waals surface area contributed by atoms with Gasteiger partial charge in [-0.2, -0.15) is 5.10 Å². The van der Waals surface area contributed by atoms with E-state index >= 15 is 0 Å². The van der Waals surface area contributed by atoms with Crippen molar-refractivity contribution in [2.24, 2.45) is 0 Å². The van der Waals surface area contributed by atoms with Crippen LogP contribution in [0, 0.1) is 0 Å². The third-order valence-electron chi connectivity index (χ3n) is 3.46. The summed E-state index contributed by atoms with van der Waals surface area (Å²) in [6, 6.07) is 4.45. The van der Waals surface area contributed by atoms with Gasteiger partial charge in [0.2, 0.25) is 5.88 Å². The van der Waals surface area contributed by atoms with E-state index < -0.39 is 0 Å². The molecule has 0 radical (unpaired) electrons. The fraction of sp³-hybridized carbons (Fsp3) is 0.692. The maximum Gasteiger partial charge on any atom is 0.233 e. The quantitative estimate of drug-likeness (QED) is 0.789. The average Bonchev–Trinajstić information content (AvgIpc) is 2.34. The van der Waals surface area contributed by atoms with E-state index in [9.17, 15) is 0 Å². The predicted octanol–water partition coefficient (Wildman–Crippen LogP) is 1.22. The van der Waals surface area contributed by atoms with E-state index in [4.69, 9.17) is 9.84 Å². The van der Waals surface area contributed by atoms with Gasteiger partial charge in [-0.05, 0) is 25.3 Å². The highest BCUT2D eigenvalue weighted by atomic mass is 16.5. The van der Waals surface area contributed by atoms with Gasteiger partial charge in [0.15, 0.2) is 0 Å². The molecule has 0 atom stereocenters. The Hall–Kier alpha value is -1.20. The maximum absolute atomic E-state index is 8.95. The lowest BCUT2D eigenvalue weighted by Gasteiger charge is -2.37. The summed E-state index contributed by atoms with van der Waals surface area (Å²) in [6.45, 7) is 1.98. The molecule has 5 nitrogen and oxygen atoms in total. The predicted molar refractivity (Wildman–Crippen MR) is 68.3 cm³/mol. The first-order valence-electron chi connectivity index (χ1n) is 6.55. The zero-order valence-corrected chi connectivity index (χ0v) is 10.9. The minimum Gasteiger partial charge on any atom is -0.480 e. The number of methoxy groups -OCH3 is 1. The van der Waals surface area contributed by atoms with Crippen molar-refractivity contribution in [1.82, 2.24) is 15.1 Å². The van der Waals surface area contributed by atoms with E-state index in [0.29, 0.717) is 11.9 Å². The highest BCUT2D eigenvalue weighted by Crippen LogP contribution is 2.26. The smallest absolute Gasteiger partial charge is 0.233 e. The molecule has 1 aromatic heterocycles. The van der Waals surface area contributed by atoms with E-state index in [2.05, 4.69) is 15.1 Å². The van der Waals surface area contributed by atoms with Crippen molar-refractivity contribution in [3.8, 4) is 5.88 Å². The lowest BCUT2D eigenvalue weighted by atomic mass is 9.91. The third kappa shape index (κ3) is 3.40. The van der Waals surface area contributed by atoms with Gasteiger partial charge in [-0.25, -0.2) is 0 Å². The number of hydrogen-bond donors (Lipinski definition) is 1. The molecule has 0 amide bonds. The van der Waals surface area contributed by atoms with Crippen molar-refractivity contribution in [1.29, 1.82) is 0 Å². The SMILES string of the molecule is COc1ccc(CN(CCCO)C2CCC2)nn1. The van der Waals surface area contributed by atoms with Gasteiger partial charge in [0.05, 0.1) is 12.8 Å². The van der Waals surface area contributed by atoms with Crippen LogP contribution in [0.15, 0.2) is 12.1 Å². The van der Waals surface area contributed by atoms with Crippen molar-refractivity contribution in [3.63, 3.8) is 0 Å². The highest BCUT2D eigenvalue weighted by Gasteiger charge is 2.24. The molecule has 1 N–H and O–H groups in total. The molecular formula is C13H21N3O2. The number of aliphatic hydroxyl groups excluding tert-OH is 1. The minimum absolute atomic E-state index is 0.248. The fourth-order valence-corrected chi connectivity index (χ4v) is 2.17. The number of aliphatic hydroxyl groups is 1. The first-order valence-corrected chi connectivity index (χ1v) is 6.55. The van der Waals surface area contributed by atoms with Crippen molar-refractivity contribution >= 4 is 0 Å². The van der Waals surface area contributed by atoms with E-state index in [1.807, 2.05) is 12.1 Å². The zero-order chi connectivity index (χ0) is 12.8. The van der Waals surface area contributed by atoms with Gasteiger partial charge in [0.25, 0.3) is 0 Å². The zero-order valence-electron chi connectivity index (χ0n) is 10.9. The van der Waals surface area contributed by atoms with Crippen molar-refractivity contribution < 1.29 is 9.84 Å². The first kappa shape index (κ1) is 13.2. The van der Waals surface area contributed by atoms with Crippen LogP contribution in [0.3, 0.4) is 0 Å². The average molecular weight is 251 g/mol. The van der Waals surface area contributed by atoms with Crippen LogP contribution in [0.5, 0.6) is 5.88 Å². The second kappa shape index (κ2) is 6.66. The van der Waals surface area contributed by atoms with Gasteiger partial charge >= 0.3 is 0 Å². The van der Waals surface area contributed by atoms with Crippen molar-refractivity contribution in [3.05, 3.63) is 17.8 Å². The Morgan fingerprint density at radius 3 is 2.72 bits per heavy atom. The Bertz CT molecular complexity index is 352. The minimum atomic E-state index is 0.248. The van der Waals surface area contributed by atoms with Gasteiger partial charge in [-0.3, -0.25) is 4.90 Å². The molecular weight excluding hydrogens is 230 g/mol. The van der Waals surface area contributed by atoms with E-state index in [1.54, 1.807) is 7.11 Å². The van der Waals surface area contributed by atoms with Gasteiger partial charge < -0.3 is 9.84 Å². The van der Waals surface area contributed by atoms with E-state index in [-0.39, 0.29) is 6.61 Å². The molecule has 1 aliphatic carbocycles. The lowest BCUT2D eigenvalue weighted by Crippen LogP contribution is -2.40. The summed E-state index contributed by atoms with van der Waals surface area (Å²) in [4.78, 5) is 2.40. The molecule has 100 valence electrons. The van der Waals surface area contributed by atoms with Gasteiger partial charge in [-0.1, -0.05) is 6.42 Å². The van der Waals surface area contributed by atoms with Gasteiger partial charge in [-0.15, -0.1) is 5.10 Å². The van der Waals surface area contributed by atoms with Gasteiger partial charge in [0, 0.05) is 31.8 Å². The van der Waals surface area contributed by atoms with Crippen molar-refractivity contribution in [2.75, 3.05) is 20.3 Å².